The van der Waals surface area contributed by atoms with E-state index in [4.69, 9.17) is 9.47 Å². The Hall–Kier alpha value is -3.56. The lowest BCUT2D eigenvalue weighted by Gasteiger charge is -2.19. The molecule has 4 aromatic rings. The third-order valence-corrected chi connectivity index (χ3v) is 6.18. The molecule has 1 saturated carbocycles. The van der Waals surface area contributed by atoms with E-state index in [1.165, 1.54) is 32.1 Å². The van der Waals surface area contributed by atoms with Crippen LogP contribution in [0.2, 0.25) is 0 Å². The Kier molecular flexibility index (Phi) is 6.61. The third kappa shape index (κ3) is 5.26. The first-order valence-electron chi connectivity index (χ1n) is 11.7. The first-order valence-corrected chi connectivity index (χ1v) is 11.7. The molecule has 2 aromatic heterocycles. The summed E-state index contributed by atoms with van der Waals surface area (Å²) in [6.45, 7) is 3.03. The van der Waals surface area contributed by atoms with Crippen LogP contribution in [0.25, 0.3) is 5.69 Å². The van der Waals surface area contributed by atoms with Crippen LogP contribution in [0, 0.1) is 11.7 Å². The van der Waals surface area contributed by atoms with Crippen molar-refractivity contribution in [2.24, 2.45) is 5.92 Å². The molecule has 5 rings (SSSR count). The highest BCUT2D eigenvalue weighted by molar-refractivity contribution is 5.45. The maximum absolute atomic E-state index is 14.3. The second-order valence-electron chi connectivity index (χ2n) is 8.88. The molecule has 1 aliphatic carbocycles. The molecule has 2 heterocycles. The van der Waals surface area contributed by atoms with Gasteiger partial charge < -0.3 is 14.6 Å². The fourth-order valence-electron chi connectivity index (χ4n) is 4.03. The summed E-state index contributed by atoms with van der Waals surface area (Å²) < 4.78 is 29.0. The third-order valence-electron chi connectivity index (χ3n) is 6.18. The zero-order valence-corrected chi connectivity index (χ0v) is 19.7. The van der Waals surface area contributed by atoms with Gasteiger partial charge in [0.05, 0.1) is 37.4 Å². The lowest BCUT2D eigenvalue weighted by molar-refractivity contribution is 0.0522. The SMILES string of the molecule is COc1cc(C(O)c2cn(CC3CC3)nn2)n(-c2ccc(F)cc2[C@@H](C)OCc2ccccc2)n1. The smallest absolute Gasteiger partial charge is 0.233 e. The molecule has 0 bridgehead atoms. The minimum atomic E-state index is -1.10. The lowest BCUT2D eigenvalue weighted by atomic mass is 10.1. The average molecular weight is 478 g/mol. The van der Waals surface area contributed by atoms with Crippen molar-refractivity contribution in [1.29, 1.82) is 0 Å². The molecule has 0 saturated heterocycles. The van der Waals surface area contributed by atoms with Crippen molar-refractivity contribution < 1.29 is 19.0 Å². The van der Waals surface area contributed by atoms with E-state index in [9.17, 15) is 9.50 Å². The summed E-state index contributed by atoms with van der Waals surface area (Å²) in [6, 6.07) is 15.8. The summed E-state index contributed by atoms with van der Waals surface area (Å²) in [4.78, 5) is 0. The number of aromatic nitrogens is 5. The van der Waals surface area contributed by atoms with Gasteiger partial charge in [0.1, 0.15) is 17.6 Å². The van der Waals surface area contributed by atoms with Crippen LogP contribution in [-0.4, -0.2) is 37.0 Å². The summed E-state index contributed by atoms with van der Waals surface area (Å²) in [5, 5.41) is 24.0. The van der Waals surface area contributed by atoms with Crippen molar-refractivity contribution in [2.75, 3.05) is 7.11 Å². The molecule has 0 radical (unpaired) electrons. The number of methoxy groups -OCH3 is 1. The number of aliphatic hydroxyl groups excluding tert-OH is 1. The van der Waals surface area contributed by atoms with Crippen molar-refractivity contribution in [1.82, 2.24) is 24.8 Å². The van der Waals surface area contributed by atoms with Crippen molar-refractivity contribution in [3.63, 3.8) is 0 Å². The van der Waals surface area contributed by atoms with Gasteiger partial charge in [-0.1, -0.05) is 35.5 Å². The molecule has 0 aliphatic heterocycles. The Bertz CT molecular complexity index is 1290. The Labute approximate surface area is 202 Å². The monoisotopic (exact) mass is 477 g/mol. The normalized spacial score (nSPS) is 15.2. The van der Waals surface area contributed by atoms with Gasteiger partial charge in [0.15, 0.2) is 0 Å². The molecule has 9 heteroatoms. The minimum absolute atomic E-state index is 0.317. The van der Waals surface area contributed by atoms with Gasteiger partial charge in [-0.25, -0.2) is 9.07 Å². The largest absolute Gasteiger partial charge is 0.480 e. The van der Waals surface area contributed by atoms with Gasteiger partial charge in [-0.15, -0.1) is 10.2 Å². The van der Waals surface area contributed by atoms with Crippen LogP contribution >= 0.6 is 0 Å². The lowest BCUT2D eigenvalue weighted by Crippen LogP contribution is -2.13. The van der Waals surface area contributed by atoms with Crippen LogP contribution in [0.4, 0.5) is 4.39 Å². The molecule has 0 amide bonds. The Morgan fingerprint density at radius 3 is 2.69 bits per heavy atom. The Balaban J connectivity index is 1.46. The number of hydrogen-bond donors (Lipinski definition) is 1. The van der Waals surface area contributed by atoms with Crippen molar-refractivity contribution in [2.45, 2.75) is 45.1 Å². The predicted molar refractivity (Wildman–Crippen MR) is 127 cm³/mol. The molecular weight excluding hydrogens is 449 g/mol. The van der Waals surface area contributed by atoms with Crippen molar-refractivity contribution in [3.05, 3.63) is 89.1 Å². The number of hydrogen-bond acceptors (Lipinski definition) is 6. The molecule has 1 aliphatic rings. The van der Waals surface area contributed by atoms with E-state index in [1.54, 1.807) is 27.7 Å². The fraction of sp³-hybridized carbons (Fsp3) is 0.346. The summed E-state index contributed by atoms with van der Waals surface area (Å²) in [5.41, 5.74) is 3.03. The number of aliphatic hydroxyl groups is 1. The zero-order valence-electron chi connectivity index (χ0n) is 19.7. The first kappa shape index (κ1) is 23.2. The van der Waals surface area contributed by atoms with Crippen LogP contribution in [0.15, 0.2) is 60.8 Å². The highest BCUT2D eigenvalue weighted by atomic mass is 19.1. The van der Waals surface area contributed by atoms with Gasteiger partial charge >= 0.3 is 0 Å². The van der Waals surface area contributed by atoms with E-state index in [-0.39, 0.29) is 5.82 Å². The summed E-state index contributed by atoms with van der Waals surface area (Å²) >= 11 is 0. The average Bonchev–Trinajstić information content (AvgIpc) is 3.39. The Morgan fingerprint density at radius 1 is 1.14 bits per heavy atom. The second-order valence-corrected chi connectivity index (χ2v) is 8.88. The van der Waals surface area contributed by atoms with Gasteiger partial charge in [-0.3, -0.25) is 4.68 Å². The van der Waals surface area contributed by atoms with Crippen LogP contribution < -0.4 is 4.74 Å². The van der Waals surface area contributed by atoms with Gasteiger partial charge in [-0.2, -0.15) is 0 Å². The van der Waals surface area contributed by atoms with Crippen molar-refractivity contribution in [3.8, 4) is 11.6 Å². The zero-order chi connectivity index (χ0) is 24.4. The number of benzene rings is 2. The maximum atomic E-state index is 14.3. The van der Waals surface area contributed by atoms with Gasteiger partial charge in [0.2, 0.25) is 5.88 Å². The van der Waals surface area contributed by atoms with Crippen LogP contribution in [0.5, 0.6) is 5.88 Å². The summed E-state index contributed by atoms with van der Waals surface area (Å²) in [7, 11) is 1.51. The van der Waals surface area contributed by atoms with Gasteiger partial charge in [-0.05, 0) is 49.4 Å². The molecule has 182 valence electrons. The van der Waals surface area contributed by atoms with E-state index in [0.717, 1.165) is 12.1 Å². The van der Waals surface area contributed by atoms with Gasteiger partial charge in [0.25, 0.3) is 0 Å². The number of rotatable bonds is 10. The molecule has 0 spiro atoms. The molecule has 2 atom stereocenters. The maximum Gasteiger partial charge on any atom is 0.233 e. The van der Waals surface area contributed by atoms with Crippen LogP contribution in [-0.2, 0) is 17.9 Å². The topological polar surface area (TPSA) is 87.2 Å². The number of ether oxygens (including phenoxy) is 2. The quantitative estimate of drug-likeness (QED) is 0.365. The van der Waals surface area contributed by atoms with E-state index < -0.39 is 12.2 Å². The van der Waals surface area contributed by atoms with E-state index in [2.05, 4.69) is 15.4 Å². The standard InChI is InChI=1S/C26H28FN5O3/c1-17(35-16-19-6-4-3-5-7-19)21-12-20(27)10-11-23(21)32-24(13-25(29-32)34-2)26(33)22-15-31(30-28-22)14-18-8-9-18/h3-7,10-13,15,17-18,26,33H,8-9,14,16H2,1-2H3/t17-,26?/m1/s1. The molecule has 1 N–H and O–H groups in total. The highest BCUT2D eigenvalue weighted by Gasteiger charge is 2.26. The summed E-state index contributed by atoms with van der Waals surface area (Å²) in [6.07, 6.45) is 2.60. The molecule has 1 unspecified atom stereocenters. The molecular formula is C26H28FN5O3. The molecule has 35 heavy (non-hydrogen) atoms. The Morgan fingerprint density at radius 2 is 1.94 bits per heavy atom. The highest BCUT2D eigenvalue weighted by Crippen LogP contribution is 2.33. The minimum Gasteiger partial charge on any atom is -0.480 e. The van der Waals surface area contributed by atoms with E-state index >= 15 is 0 Å². The van der Waals surface area contributed by atoms with Crippen LogP contribution in [0.1, 0.15) is 54.5 Å². The molecule has 2 aromatic carbocycles. The van der Waals surface area contributed by atoms with E-state index in [0.29, 0.717) is 41.0 Å². The van der Waals surface area contributed by atoms with Crippen LogP contribution in [0.3, 0.4) is 0 Å². The van der Waals surface area contributed by atoms with E-state index in [1.807, 2.05) is 37.3 Å². The fourth-order valence-corrected chi connectivity index (χ4v) is 4.03. The van der Waals surface area contributed by atoms with Gasteiger partial charge in [0, 0.05) is 18.2 Å². The summed E-state index contributed by atoms with van der Waals surface area (Å²) in [5.74, 6) is 0.562. The van der Waals surface area contributed by atoms with Crippen molar-refractivity contribution >= 4 is 0 Å². The first-order chi connectivity index (χ1) is 17.0. The molecule has 1 fully saturated rings. The second kappa shape index (κ2) is 9.97. The number of nitrogens with zero attached hydrogens (tertiary/aromatic N) is 5. The molecule has 8 nitrogen and oxygen atoms in total. The predicted octanol–water partition coefficient (Wildman–Crippen LogP) is 4.38. The number of halogens is 1.